The van der Waals surface area contributed by atoms with Gasteiger partial charge in [0.05, 0.1) is 18.2 Å². The van der Waals surface area contributed by atoms with Gasteiger partial charge in [0.15, 0.2) is 0 Å². The molecule has 1 aromatic carbocycles. The van der Waals surface area contributed by atoms with Gasteiger partial charge in [0, 0.05) is 49.5 Å². The van der Waals surface area contributed by atoms with E-state index in [9.17, 15) is 15.0 Å². The maximum absolute atomic E-state index is 11.4. The molecule has 4 atom stereocenters. The number of phenols is 1. The summed E-state index contributed by atoms with van der Waals surface area (Å²) in [7, 11) is 0. The molecule has 1 aromatic heterocycles. The number of amides is 1. The minimum absolute atomic E-state index is 0.00529. The quantitative estimate of drug-likeness (QED) is 0.254. The number of nitrogens with one attached hydrogen (secondary N) is 1. The van der Waals surface area contributed by atoms with Gasteiger partial charge in [-0.15, -0.1) is 0 Å². The number of nitrogens with two attached hydrogens (primary N) is 4. The van der Waals surface area contributed by atoms with Gasteiger partial charge in [-0.1, -0.05) is 0 Å². The molecule has 2 fully saturated rings. The first-order valence-electron chi connectivity index (χ1n) is 10.8. The lowest BCUT2D eigenvalue weighted by molar-refractivity contribution is 0.0998. The van der Waals surface area contributed by atoms with E-state index in [4.69, 9.17) is 22.9 Å². The number of aliphatic hydroxyl groups is 1. The van der Waals surface area contributed by atoms with E-state index in [1.807, 2.05) is 9.80 Å². The van der Waals surface area contributed by atoms with Crippen molar-refractivity contribution in [2.45, 2.75) is 37.0 Å². The monoisotopic (exact) mass is 458 g/mol. The maximum atomic E-state index is 11.4. The van der Waals surface area contributed by atoms with Crippen LogP contribution in [0.25, 0.3) is 0 Å². The van der Waals surface area contributed by atoms with Crippen LogP contribution in [0.3, 0.4) is 0 Å². The molecule has 2 aliphatic rings. The van der Waals surface area contributed by atoms with E-state index in [2.05, 4.69) is 20.3 Å². The van der Waals surface area contributed by atoms with Gasteiger partial charge in [0.2, 0.25) is 17.8 Å². The fourth-order valence-electron chi connectivity index (χ4n) is 4.34. The van der Waals surface area contributed by atoms with Crippen molar-refractivity contribution in [1.29, 1.82) is 0 Å². The van der Waals surface area contributed by atoms with Crippen molar-refractivity contribution in [1.82, 2.24) is 15.0 Å². The highest BCUT2D eigenvalue weighted by Crippen LogP contribution is 2.28. The molecular weight excluding hydrogens is 428 g/mol. The van der Waals surface area contributed by atoms with Gasteiger partial charge in [-0.25, -0.2) is 0 Å². The van der Waals surface area contributed by atoms with E-state index in [1.165, 1.54) is 12.1 Å². The third kappa shape index (κ3) is 5.06. The van der Waals surface area contributed by atoms with Gasteiger partial charge in [0.1, 0.15) is 5.75 Å². The van der Waals surface area contributed by atoms with Crippen LogP contribution in [0.15, 0.2) is 18.2 Å². The molecule has 13 heteroatoms. The fraction of sp³-hybridized carbons (Fsp3) is 0.500. The Balaban J connectivity index is 1.70. The molecule has 2 aromatic rings. The highest BCUT2D eigenvalue weighted by molar-refractivity contribution is 5.96. The lowest BCUT2D eigenvalue weighted by Gasteiger charge is -2.35. The normalized spacial score (nSPS) is 25.3. The topological polar surface area (TPSA) is 219 Å². The van der Waals surface area contributed by atoms with Crippen LogP contribution in [0.4, 0.5) is 23.5 Å². The Labute approximate surface area is 190 Å². The highest BCUT2D eigenvalue weighted by Gasteiger charge is 2.33. The molecule has 2 aliphatic heterocycles. The summed E-state index contributed by atoms with van der Waals surface area (Å²) in [4.78, 5) is 28.9. The van der Waals surface area contributed by atoms with Gasteiger partial charge in [-0.3, -0.25) is 4.79 Å². The molecule has 33 heavy (non-hydrogen) atoms. The minimum atomic E-state index is -0.734. The number of piperidine rings is 1. The number of nitrogens with zero attached hydrogens (tertiary/aromatic N) is 5. The van der Waals surface area contributed by atoms with Crippen LogP contribution >= 0.6 is 0 Å². The summed E-state index contributed by atoms with van der Waals surface area (Å²) < 4.78 is 0. The van der Waals surface area contributed by atoms with Gasteiger partial charge in [0.25, 0.3) is 5.91 Å². The number of hydrogen-bond donors (Lipinski definition) is 7. The predicted octanol–water partition coefficient (Wildman–Crippen LogP) is -1.82. The van der Waals surface area contributed by atoms with Crippen molar-refractivity contribution in [3.8, 4) is 5.75 Å². The van der Waals surface area contributed by atoms with Crippen molar-refractivity contribution in [2.75, 3.05) is 41.4 Å². The number of rotatable bonds is 6. The molecule has 13 nitrogen and oxygen atoms in total. The Bertz CT molecular complexity index is 1010. The van der Waals surface area contributed by atoms with Crippen LogP contribution in [0, 0.1) is 0 Å². The van der Waals surface area contributed by atoms with Crippen LogP contribution in [-0.4, -0.2) is 81.5 Å². The second-order valence-corrected chi connectivity index (χ2v) is 8.63. The van der Waals surface area contributed by atoms with Crippen molar-refractivity contribution in [2.24, 2.45) is 22.9 Å². The summed E-state index contributed by atoms with van der Waals surface area (Å²) in [5.41, 5.74) is 24.1. The van der Waals surface area contributed by atoms with E-state index in [1.54, 1.807) is 6.07 Å². The third-order valence-corrected chi connectivity index (χ3v) is 5.84. The van der Waals surface area contributed by atoms with Crippen molar-refractivity contribution in [3.63, 3.8) is 0 Å². The number of carbonyl (C=O) groups is 1. The minimum Gasteiger partial charge on any atom is -0.507 e. The summed E-state index contributed by atoms with van der Waals surface area (Å²) in [6, 6.07) is 3.79. The van der Waals surface area contributed by atoms with Gasteiger partial charge >= 0.3 is 0 Å². The van der Waals surface area contributed by atoms with Gasteiger partial charge < -0.3 is 48.3 Å². The average Bonchev–Trinajstić information content (AvgIpc) is 3.13. The molecule has 0 unspecified atom stereocenters. The third-order valence-electron chi connectivity index (χ3n) is 5.84. The number of hydrogen-bond acceptors (Lipinski definition) is 12. The highest BCUT2D eigenvalue weighted by atomic mass is 16.3. The van der Waals surface area contributed by atoms with Gasteiger partial charge in [-0.2, -0.15) is 15.0 Å². The number of carbonyl (C=O) groups excluding carboxylic acids is 1. The van der Waals surface area contributed by atoms with E-state index in [0.717, 1.165) is 0 Å². The molecular formula is C20H30N10O3. The molecule has 178 valence electrons. The largest absolute Gasteiger partial charge is 0.507 e. The van der Waals surface area contributed by atoms with Crippen molar-refractivity contribution < 1.29 is 15.0 Å². The Hall–Kier alpha value is -3.26. The van der Waals surface area contributed by atoms with Crippen molar-refractivity contribution >= 4 is 29.4 Å². The second kappa shape index (κ2) is 9.31. The van der Waals surface area contributed by atoms with Crippen LogP contribution in [0.2, 0.25) is 0 Å². The smallest absolute Gasteiger partial charge is 0.252 e. The van der Waals surface area contributed by atoms with Gasteiger partial charge in [-0.05, 0) is 25.0 Å². The zero-order valence-electron chi connectivity index (χ0n) is 18.1. The van der Waals surface area contributed by atoms with Crippen molar-refractivity contribution in [3.05, 3.63) is 23.8 Å². The summed E-state index contributed by atoms with van der Waals surface area (Å²) in [5, 5.41) is 23.0. The predicted molar refractivity (Wildman–Crippen MR) is 123 cm³/mol. The zero-order chi connectivity index (χ0) is 23.7. The van der Waals surface area contributed by atoms with E-state index in [-0.39, 0.29) is 48.0 Å². The lowest BCUT2D eigenvalue weighted by atomic mass is 10.0. The molecule has 1 amide bonds. The van der Waals surface area contributed by atoms with E-state index in [0.29, 0.717) is 50.1 Å². The number of primary amides is 1. The molecule has 3 heterocycles. The number of aromatic nitrogens is 3. The maximum Gasteiger partial charge on any atom is 0.252 e. The first kappa shape index (κ1) is 22.9. The van der Waals surface area contributed by atoms with E-state index < -0.39 is 5.91 Å². The molecule has 4 rings (SSSR count). The molecule has 11 N–H and O–H groups in total. The number of aromatic hydroxyl groups is 1. The molecule has 0 saturated carbocycles. The van der Waals surface area contributed by atoms with Crippen LogP contribution in [-0.2, 0) is 0 Å². The molecule has 0 spiro atoms. The summed E-state index contributed by atoms with van der Waals surface area (Å²) in [5.74, 6) is -0.0302. The molecule has 0 bridgehead atoms. The molecule has 0 radical (unpaired) electrons. The van der Waals surface area contributed by atoms with Crippen LogP contribution in [0.1, 0.15) is 23.2 Å². The van der Waals surface area contributed by atoms with Crippen LogP contribution < -0.4 is 38.1 Å². The Morgan fingerprint density at radius 2 is 1.70 bits per heavy atom. The lowest BCUT2D eigenvalue weighted by Crippen LogP contribution is -2.53. The average molecular weight is 459 g/mol. The standard InChI is InChI=1S/C20H30N10O3/c21-10-3-11(22)7-29(6-10)19-26-18(25-13-1-2-15(17(24)33)16(32)5-13)27-20(28-19)30-8-12(23)4-14(30)9-31/h1-2,5,10-12,14,31-32H,3-4,6-9,21-23H2,(H2,24,33)(H,25,26,27,28)/t10-,11+,12-,14-/m1/s1. The Morgan fingerprint density at radius 1 is 1.03 bits per heavy atom. The number of aliphatic hydroxyl groups excluding tert-OH is 1. The first-order valence-corrected chi connectivity index (χ1v) is 10.8. The summed E-state index contributed by atoms with van der Waals surface area (Å²) in [6.07, 6.45) is 1.32. The fourth-order valence-corrected chi connectivity index (χ4v) is 4.34. The summed E-state index contributed by atoms with van der Waals surface area (Å²) >= 11 is 0. The Morgan fingerprint density at radius 3 is 2.33 bits per heavy atom. The van der Waals surface area contributed by atoms with E-state index >= 15 is 0 Å². The second-order valence-electron chi connectivity index (χ2n) is 8.63. The molecule has 2 saturated heterocycles. The zero-order valence-corrected chi connectivity index (χ0v) is 18.1. The number of benzene rings is 1. The summed E-state index contributed by atoms with van der Waals surface area (Å²) in [6.45, 7) is 1.47. The SMILES string of the molecule is NC(=O)c1ccc(Nc2nc(N3C[C@H](N)C[C@H](N)C3)nc(N3C[C@H](N)C[C@@H]3CO)n2)cc1O. The first-order chi connectivity index (χ1) is 15.7. The number of anilines is 4. The Kier molecular flexibility index (Phi) is 6.47. The van der Waals surface area contributed by atoms with Crippen LogP contribution in [0.5, 0.6) is 5.75 Å². The molecule has 0 aliphatic carbocycles.